The molecule has 1 fully saturated rings. The number of ether oxygens (including phenoxy) is 1. The van der Waals surface area contributed by atoms with Crippen molar-refractivity contribution in [2.75, 3.05) is 19.7 Å². The third-order valence-electron chi connectivity index (χ3n) is 2.94. The van der Waals surface area contributed by atoms with E-state index in [0.717, 1.165) is 25.5 Å². The zero-order valence-electron chi connectivity index (χ0n) is 11.3. The minimum absolute atomic E-state index is 0. The summed E-state index contributed by atoms with van der Waals surface area (Å²) in [5.74, 6) is 1.39. The Hall–Kier alpha value is -0.900. The molecule has 8 heteroatoms. The maximum Gasteiger partial charge on any atom is 0.191 e. The maximum absolute atomic E-state index is 5.98. The minimum Gasteiger partial charge on any atom is -0.375 e. The molecule has 1 unspecified atom stereocenters. The Balaban J connectivity index is 0.00000180. The van der Waals surface area contributed by atoms with E-state index in [1.165, 1.54) is 0 Å². The van der Waals surface area contributed by atoms with Crippen LogP contribution in [0.25, 0.3) is 0 Å². The number of nitrogens with zero attached hydrogens (tertiary/aromatic N) is 5. The summed E-state index contributed by atoms with van der Waals surface area (Å²) in [5.41, 5.74) is 5.98. The fraction of sp³-hybridized carbons (Fsp3) is 0.727. The van der Waals surface area contributed by atoms with Crippen molar-refractivity contribution in [3.05, 3.63) is 12.2 Å². The molecule has 0 aliphatic carbocycles. The molecule has 0 radical (unpaired) electrons. The lowest BCUT2D eigenvalue weighted by Crippen LogP contribution is -2.47. The van der Waals surface area contributed by atoms with Crippen LogP contribution in [0.3, 0.4) is 0 Å². The fourth-order valence-corrected chi connectivity index (χ4v) is 1.95. The van der Waals surface area contributed by atoms with Crippen LogP contribution < -0.4 is 5.73 Å². The fourth-order valence-electron chi connectivity index (χ4n) is 1.95. The van der Waals surface area contributed by atoms with Gasteiger partial charge >= 0.3 is 0 Å². The van der Waals surface area contributed by atoms with Crippen LogP contribution in [0.2, 0.25) is 0 Å². The summed E-state index contributed by atoms with van der Waals surface area (Å²) in [6.07, 6.45) is 1.74. The second kappa shape index (κ2) is 7.63. The van der Waals surface area contributed by atoms with E-state index in [-0.39, 0.29) is 30.1 Å². The molecule has 7 nitrogen and oxygen atoms in total. The summed E-state index contributed by atoms with van der Waals surface area (Å²) in [5, 5.41) is 4.10. The highest BCUT2D eigenvalue weighted by Crippen LogP contribution is 2.04. The summed E-state index contributed by atoms with van der Waals surface area (Å²) in [6, 6.07) is 0. The van der Waals surface area contributed by atoms with Gasteiger partial charge in [-0.15, -0.1) is 24.0 Å². The van der Waals surface area contributed by atoms with Crippen LogP contribution in [0.5, 0.6) is 0 Å². The highest BCUT2D eigenvalue weighted by atomic mass is 127. The van der Waals surface area contributed by atoms with Gasteiger partial charge in [0.1, 0.15) is 18.7 Å². The normalized spacial score (nSPS) is 20.2. The van der Waals surface area contributed by atoms with Crippen LogP contribution in [-0.2, 0) is 17.8 Å². The Morgan fingerprint density at radius 1 is 1.63 bits per heavy atom. The molecule has 1 aliphatic heterocycles. The van der Waals surface area contributed by atoms with Crippen LogP contribution in [-0.4, -0.2) is 51.4 Å². The average molecular weight is 380 g/mol. The van der Waals surface area contributed by atoms with Crippen molar-refractivity contribution in [1.29, 1.82) is 0 Å². The molecule has 108 valence electrons. The zero-order chi connectivity index (χ0) is 13.0. The number of guanidine groups is 1. The Morgan fingerprint density at radius 3 is 3.11 bits per heavy atom. The Bertz CT molecular complexity index is 421. The van der Waals surface area contributed by atoms with Crippen molar-refractivity contribution < 1.29 is 4.74 Å². The van der Waals surface area contributed by atoms with E-state index in [1.807, 2.05) is 23.4 Å². The van der Waals surface area contributed by atoms with E-state index in [4.69, 9.17) is 10.5 Å². The summed E-state index contributed by atoms with van der Waals surface area (Å²) < 4.78 is 7.28. The predicted octanol–water partition coefficient (Wildman–Crippen LogP) is 0.451. The smallest absolute Gasteiger partial charge is 0.191 e. The van der Waals surface area contributed by atoms with Crippen molar-refractivity contribution in [2.45, 2.75) is 33.0 Å². The van der Waals surface area contributed by atoms with Crippen LogP contribution in [0.15, 0.2) is 11.3 Å². The maximum atomic E-state index is 5.98. The van der Waals surface area contributed by atoms with Gasteiger partial charge in [0.25, 0.3) is 0 Å². The summed E-state index contributed by atoms with van der Waals surface area (Å²) in [4.78, 5) is 10.6. The monoisotopic (exact) mass is 380 g/mol. The van der Waals surface area contributed by atoms with Gasteiger partial charge in [0.05, 0.1) is 12.7 Å². The topological polar surface area (TPSA) is 81.6 Å². The van der Waals surface area contributed by atoms with Gasteiger partial charge < -0.3 is 15.4 Å². The second-order valence-electron chi connectivity index (χ2n) is 4.29. The van der Waals surface area contributed by atoms with E-state index in [1.54, 1.807) is 6.33 Å². The first kappa shape index (κ1) is 16.2. The minimum atomic E-state index is 0. The summed E-state index contributed by atoms with van der Waals surface area (Å²) >= 11 is 0. The molecule has 1 atom stereocenters. The SMILES string of the molecule is CCn1ncnc1CN=C(N)N1CCOC(C)C1.I. The molecule has 2 N–H and O–H groups in total. The zero-order valence-corrected chi connectivity index (χ0v) is 13.7. The first-order chi connectivity index (χ1) is 8.70. The van der Waals surface area contributed by atoms with Gasteiger partial charge in [-0.05, 0) is 13.8 Å². The van der Waals surface area contributed by atoms with Gasteiger partial charge in [-0.1, -0.05) is 0 Å². The molecule has 0 saturated carbocycles. The average Bonchev–Trinajstić information content (AvgIpc) is 2.83. The van der Waals surface area contributed by atoms with Gasteiger partial charge in [0.15, 0.2) is 5.96 Å². The molecule has 0 aromatic carbocycles. The lowest BCUT2D eigenvalue weighted by atomic mass is 10.3. The number of morpholine rings is 1. The lowest BCUT2D eigenvalue weighted by molar-refractivity contribution is 0.00528. The summed E-state index contributed by atoms with van der Waals surface area (Å²) in [6.45, 7) is 7.59. The highest BCUT2D eigenvalue weighted by molar-refractivity contribution is 14.0. The predicted molar refractivity (Wildman–Crippen MR) is 83.4 cm³/mol. The Morgan fingerprint density at radius 2 is 2.42 bits per heavy atom. The molecular weight excluding hydrogens is 359 g/mol. The number of aryl methyl sites for hydroxylation is 1. The molecule has 1 saturated heterocycles. The van der Waals surface area contributed by atoms with Crippen molar-refractivity contribution in [2.24, 2.45) is 10.7 Å². The van der Waals surface area contributed by atoms with Gasteiger partial charge in [0.2, 0.25) is 0 Å². The van der Waals surface area contributed by atoms with E-state index in [9.17, 15) is 0 Å². The van der Waals surface area contributed by atoms with Crippen molar-refractivity contribution in [1.82, 2.24) is 19.7 Å². The van der Waals surface area contributed by atoms with Gasteiger partial charge in [-0.25, -0.2) is 14.7 Å². The quantitative estimate of drug-likeness (QED) is 0.468. The number of halogens is 1. The number of hydrogen-bond acceptors (Lipinski definition) is 4. The van der Waals surface area contributed by atoms with Crippen LogP contribution >= 0.6 is 24.0 Å². The number of nitrogens with two attached hydrogens (primary N) is 1. The van der Waals surface area contributed by atoms with Gasteiger partial charge in [0, 0.05) is 19.6 Å². The Labute approximate surface area is 130 Å². The third kappa shape index (κ3) is 4.30. The first-order valence-corrected chi connectivity index (χ1v) is 6.24. The molecule has 0 spiro atoms. The highest BCUT2D eigenvalue weighted by Gasteiger charge is 2.18. The Kier molecular flexibility index (Phi) is 6.49. The van der Waals surface area contributed by atoms with Crippen molar-refractivity contribution in [3.8, 4) is 0 Å². The number of hydrogen-bond donors (Lipinski definition) is 1. The molecule has 0 amide bonds. The molecule has 1 aromatic heterocycles. The number of aromatic nitrogens is 3. The van der Waals surface area contributed by atoms with Crippen LogP contribution in [0, 0.1) is 0 Å². The largest absolute Gasteiger partial charge is 0.375 e. The van der Waals surface area contributed by atoms with Crippen molar-refractivity contribution >= 4 is 29.9 Å². The number of aliphatic imine (C=N–C) groups is 1. The lowest BCUT2D eigenvalue weighted by Gasteiger charge is -2.31. The van der Waals surface area contributed by atoms with Gasteiger partial charge in [-0.2, -0.15) is 5.10 Å². The van der Waals surface area contributed by atoms with Crippen LogP contribution in [0.1, 0.15) is 19.7 Å². The second-order valence-corrected chi connectivity index (χ2v) is 4.29. The van der Waals surface area contributed by atoms with E-state index in [2.05, 4.69) is 15.1 Å². The third-order valence-corrected chi connectivity index (χ3v) is 2.94. The molecule has 2 rings (SSSR count). The summed E-state index contributed by atoms with van der Waals surface area (Å²) in [7, 11) is 0. The molecule has 19 heavy (non-hydrogen) atoms. The van der Waals surface area contributed by atoms with E-state index < -0.39 is 0 Å². The van der Waals surface area contributed by atoms with E-state index >= 15 is 0 Å². The molecule has 1 aromatic rings. The van der Waals surface area contributed by atoms with Crippen molar-refractivity contribution in [3.63, 3.8) is 0 Å². The number of rotatable bonds is 3. The molecule has 2 heterocycles. The standard InChI is InChI=1S/C11H20N6O.HI/c1-3-17-10(14-8-15-17)6-13-11(12)16-4-5-18-9(2)7-16;/h8-9H,3-7H2,1-2H3,(H2,12,13);1H. The van der Waals surface area contributed by atoms with Crippen LogP contribution in [0.4, 0.5) is 0 Å². The van der Waals surface area contributed by atoms with Gasteiger partial charge in [-0.3, -0.25) is 0 Å². The molecule has 1 aliphatic rings. The van der Waals surface area contributed by atoms with E-state index in [0.29, 0.717) is 19.1 Å². The molecular formula is C11H21IN6O. The first-order valence-electron chi connectivity index (χ1n) is 6.24. The molecule has 0 bridgehead atoms.